The molecule has 4 aromatic rings. The number of amides is 1. The number of hydrogen-bond acceptors (Lipinski definition) is 6. The first-order valence-corrected chi connectivity index (χ1v) is 12.1. The Morgan fingerprint density at radius 3 is 2.43 bits per heavy atom. The maximum absolute atomic E-state index is 12.4. The first-order chi connectivity index (χ1) is 16.7. The molecule has 1 heterocycles. The molecule has 0 spiro atoms. The van der Waals surface area contributed by atoms with Crippen LogP contribution in [0.25, 0.3) is 10.1 Å². The number of non-ortho nitro benzene ring substituents is 1. The van der Waals surface area contributed by atoms with Crippen molar-refractivity contribution < 1.29 is 14.5 Å². The van der Waals surface area contributed by atoms with Crippen LogP contribution in [0.5, 0.6) is 5.75 Å². The molecule has 1 amide bonds. The molecule has 0 bridgehead atoms. The van der Waals surface area contributed by atoms with Gasteiger partial charge in [-0.1, -0.05) is 52.5 Å². The van der Waals surface area contributed by atoms with Gasteiger partial charge >= 0.3 is 0 Å². The van der Waals surface area contributed by atoms with Gasteiger partial charge in [0, 0.05) is 22.2 Å². The van der Waals surface area contributed by atoms with Crippen LogP contribution in [0, 0.1) is 10.1 Å². The maximum Gasteiger partial charge on any atom is 0.281 e. The van der Waals surface area contributed by atoms with E-state index in [2.05, 4.69) is 10.5 Å². The van der Waals surface area contributed by atoms with Gasteiger partial charge in [0.05, 0.1) is 36.1 Å². The number of thiophene rings is 1. The van der Waals surface area contributed by atoms with E-state index in [4.69, 9.17) is 51.1 Å². The van der Waals surface area contributed by atoms with Crippen LogP contribution < -0.4 is 10.2 Å². The molecule has 0 aliphatic rings. The number of hydrazone groups is 1. The summed E-state index contributed by atoms with van der Waals surface area (Å²) in [6.07, 6.45) is 1.39. The second kappa shape index (κ2) is 10.8. The van der Waals surface area contributed by atoms with E-state index in [1.54, 1.807) is 42.5 Å². The molecule has 0 atom stereocenters. The minimum Gasteiger partial charge on any atom is -0.486 e. The van der Waals surface area contributed by atoms with Crippen molar-refractivity contribution in [1.29, 1.82) is 0 Å². The predicted molar refractivity (Wildman–Crippen MR) is 141 cm³/mol. The number of rotatable bonds is 7. The Kier molecular flexibility index (Phi) is 7.78. The van der Waals surface area contributed by atoms with Crippen LogP contribution in [0.15, 0.2) is 59.7 Å². The Balaban J connectivity index is 1.41. The number of nitrogens with one attached hydrogen (secondary N) is 1. The van der Waals surface area contributed by atoms with Crippen molar-refractivity contribution in [2.24, 2.45) is 5.10 Å². The second-order valence-corrected chi connectivity index (χ2v) is 9.85. The van der Waals surface area contributed by atoms with Crippen molar-refractivity contribution in [3.63, 3.8) is 0 Å². The van der Waals surface area contributed by atoms with E-state index in [-0.39, 0.29) is 22.3 Å². The third-order valence-corrected chi connectivity index (χ3v) is 7.12. The number of carbonyl (C=O) groups excluding carboxylic acids is 1. The van der Waals surface area contributed by atoms with E-state index < -0.39 is 10.8 Å². The highest BCUT2D eigenvalue weighted by Crippen LogP contribution is 2.35. The third-order valence-electron chi connectivity index (χ3n) is 4.70. The molecule has 0 aliphatic carbocycles. The number of ether oxygens (including phenoxy) is 1. The van der Waals surface area contributed by atoms with E-state index in [0.717, 1.165) is 10.3 Å². The van der Waals surface area contributed by atoms with Crippen molar-refractivity contribution in [2.45, 2.75) is 6.61 Å². The van der Waals surface area contributed by atoms with Gasteiger partial charge in [-0.2, -0.15) is 5.10 Å². The number of hydrogen-bond donors (Lipinski definition) is 1. The summed E-state index contributed by atoms with van der Waals surface area (Å²) >= 11 is 25.8. The third kappa shape index (κ3) is 6.04. The molecule has 0 unspecified atom stereocenters. The van der Waals surface area contributed by atoms with Crippen LogP contribution in [-0.4, -0.2) is 17.0 Å². The lowest BCUT2D eigenvalue weighted by Gasteiger charge is -2.11. The van der Waals surface area contributed by atoms with Crippen molar-refractivity contribution in [2.75, 3.05) is 0 Å². The zero-order valence-electron chi connectivity index (χ0n) is 17.4. The van der Waals surface area contributed by atoms with Gasteiger partial charge in [0.2, 0.25) is 0 Å². The molecule has 0 saturated heterocycles. The van der Waals surface area contributed by atoms with Gasteiger partial charge in [-0.15, -0.1) is 11.3 Å². The monoisotopic (exact) mass is 567 g/mol. The molecule has 3 aromatic carbocycles. The van der Waals surface area contributed by atoms with Gasteiger partial charge in [-0.05, 0) is 47.5 Å². The largest absolute Gasteiger partial charge is 0.486 e. The number of benzene rings is 3. The quantitative estimate of drug-likeness (QED) is 0.140. The summed E-state index contributed by atoms with van der Waals surface area (Å²) in [7, 11) is 0. The molecule has 12 heteroatoms. The first-order valence-electron chi connectivity index (χ1n) is 9.78. The van der Waals surface area contributed by atoms with Crippen LogP contribution in [0.2, 0.25) is 20.1 Å². The normalized spacial score (nSPS) is 11.2. The van der Waals surface area contributed by atoms with Crippen LogP contribution in [0.1, 0.15) is 20.8 Å². The van der Waals surface area contributed by atoms with Gasteiger partial charge in [-0.3, -0.25) is 14.9 Å². The van der Waals surface area contributed by atoms with Crippen LogP contribution in [0.3, 0.4) is 0 Å². The zero-order chi connectivity index (χ0) is 25.1. The summed E-state index contributed by atoms with van der Waals surface area (Å²) < 4.78 is 6.49. The summed E-state index contributed by atoms with van der Waals surface area (Å²) in [5, 5.41) is 16.9. The maximum atomic E-state index is 12.4. The molecule has 1 N–H and O–H groups in total. The smallest absolute Gasteiger partial charge is 0.281 e. The fourth-order valence-electron chi connectivity index (χ4n) is 3.05. The number of nitrogens with zero attached hydrogens (tertiary/aromatic N) is 2. The van der Waals surface area contributed by atoms with Crippen molar-refractivity contribution >= 4 is 85.6 Å². The summed E-state index contributed by atoms with van der Waals surface area (Å²) in [6, 6.07) is 14.3. The minimum absolute atomic E-state index is 0.0431. The van der Waals surface area contributed by atoms with Crippen molar-refractivity contribution in [3.8, 4) is 5.75 Å². The predicted octanol–water partition coefficient (Wildman–Crippen LogP) is 7.77. The zero-order valence-corrected chi connectivity index (χ0v) is 21.3. The molecule has 0 aliphatic heterocycles. The fourth-order valence-corrected chi connectivity index (χ4v) is 4.92. The van der Waals surface area contributed by atoms with E-state index in [1.165, 1.54) is 29.7 Å². The molecular weight excluding hydrogens is 556 g/mol. The lowest BCUT2D eigenvalue weighted by atomic mass is 10.2. The summed E-state index contributed by atoms with van der Waals surface area (Å²) in [4.78, 5) is 23.2. The highest BCUT2D eigenvalue weighted by atomic mass is 35.5. The van der Waals surface area contributed by atoms with E-state index >= 15 is 0 Å². The average Bonchev–Trinajstić information content (AvgIpc) is 3.24. The molecule has 4 rings (SSSR count). The summed E-state index contributed by atoms with van der Waals surface area (Å²) in [5.74, 6) is -0.163. The van der Waals surface area contributed by atoms with Crippen molar-refractivity contribution in [3.05, 3.63) is 101 Å². The highest BCUT2D eigenvalue weighted by molar-refractivity contribution is 7.20. The van der Waals surface area contributed by atoms with Gasteiger partial charge < -0.3 is 4.74 Å². The first kappa shape index (κ1) is 25.2. The molecule has 0 fully saturated rings. The van der Waals surface area contributed by atoms with E-state index in [0.29, 0.717) is 31.6 Å². The number of nitro groups is 1. The van der Waals surface area contributed by atoms with E-state index in [9.17, 15) is 14.9 Å². The Morgan fingerprint density at radius 2 is 1.74 bits per heavy atom. The standard InChI is InChI=1S/C23H13Cl4N3O4S/c24-16-3-1-12(5-17(16)25)11-34-22-18(26)6-13(7-19(22)27)10-28-29-23(31)21-9-14-8-15(30(32)33)2-4-20(14)35-21/h1-10H,11H2,(H,29,31)/b28-10-. The summed E-state index contributed by atoms with van der Waals surface area (Å²) in [6.45, 7) is 0.179. The second-order valence-electron chi connectivity index (χ2n) is 7.14. The Morgan fingerprint density at radius 1 is 1.00 bits per heavy atom. The lowest BCUT2D eigenvalue weighted by Crippen LogP contribution is -2.16. The van der Waals surface area contributed by atoms with Gasteiger partial charge in [0.1, 0.15) is 6.61 Å². The molecule has 178 valence electrons. The fraction of sp³-hybridized carbons (Fsp3) is 0.0435. The van der Waals surface area contributed by atoms with Crippen LogP contribution >= 0.6 is 57.7 Å². The van der Waals surface area contributed by atoms with Gasteiger partial charge in [-0.25, -0.2) is 5.43 Å². The van der Waals surface area contributed by atoms with Crippen LogP contribution in [0.4, 0.5) is 5.69 Å². The molecular formula is C23H13Cl4N3O4S. The molecule has 1 aromatic heterocycles. The molecule has 0 saturated carbocycles. The minimum atomic E-state index is -0.485. The molecule has 35 heavy (non-hydrogen) atoms. The lowest BCUT2D eigenvalue weighted by molar-refractivity contribution is -0.384. The van der Waals surface area contributed by atoms with Crippen molar-refractivity contribution in [1.82, 2.24) is 5.43 Å². The number of nitro benzene ring substituents is 1. The average molecular weight is 569 g/mol. The van der Waals surface area contributed by atoms with E-state index in [1.807, 2.05) is 0 Å². The van der Waals surface area contributed by atoms with Crippen LogP contribution in [-0.2, 0) is 6.61 Å². The summed E-state index contributed by atoms with van der Waals surface area (Å²) in [5.41, 5.74) is 3.70. The highest BCUT2D eigenvalue weighted by Gasteiger charge is 2.14. The number of fused-ring (bicyclic) bond motifs is 1. The van der Waals surface area contributed by atoms with Gasteiger partial charge in [0.15, 0.2) is 5.75 Å². The number of carbonyl (C=O) groups is 1. The topological polar surface area (TPSA) is 93.8 Å². The SMILES string of the molecule is O=C(N/N=C\c1cc(Cl)c(OCc2ccc(Cl)c(Cl)c2)c(Cl)c1)c1cc2cc([N+](=O)[O-])ccc2s1. The number of halogens is 4. The van der Waals surface area contributed by atoms with Gasteiger partial charge in [0.25, 0.3) is 11.6 Å². The molecule has 0 radical (unpaired) electrons. The Hall–Kier alpha value is -2.88. The Labute approximate surface area is 223 Å². The Bertz CT molecular complexity index is 1470. The molecule has 7 nitrogen and oxygen atoms in total.